The van der Waals surface area contributed by atoms with Gasteiger partial charge in [0.1, 0.15) is 6.17 Å². The number of halogens is 1. The molecule has 0 spiro atoms. The van der Waals surface area contributed by atoms with Gasteiger partial charge < -0.3 is 5.11 Å². The molecule has 0 aromatic rings. The van der Waals surface area contributed by atoms with E-state index in [1.165, 1.54) is 0 Å². The normalized spacial score (nSPS) is 39.4. The highest BCUT2D eigenvalue weighted by atomic mass is 32.2. The molecule has 0 bridgehead atoms. The molecule has 10 heavy (non-hydrogen) atoms. The minimum absolute atomic E-state index is 0.0313. The third-order valence-electron chi connectivity index (χ3n) is 1.56. The van der Waals surface area contributed by atoms with Crippen LogP contribution in [0, 0.1) is 0 Å². The van der Waals surface area contributed by atoms with E-state index in [2.05, 4.69) is 0 Å². The number of hydrogen-bond acceptors (Lipinski definition) is 3. The van der Waals surface area contributed by atoms with Crippen molar-refractivity contribution in [3.05, 3.63) is 0 Å². The fourth-order valence-corrected chi connectivity index (χ4v) is 2.39. The maximum atomic E-state index is 12.4. The van der Waals surface area contributed by atoms with Crippen LogP contribution >= 0.6 is 0 Å². The maximum Gasteiger partial charge on any atom is 0.153 e. The van der Waals surface area contributed by atoms with E-state index < -0.39 is 27.9 Å². The van der Waals surface area contributed by atoms with Gasteiger partial charge in [-0.05, 0) is 6.42 Å². The molecule has 5 heteroatoms. The molecule has 0 amide bonds. The van der Waals surface area contributed by atoms with E-state index in [0.29, 0.717) is 0 Å². The van der Waals surface area contributed by atoms with Crippen LogP contribution in [0.2, 0.25) is 0 Å². The molecule has 0 aromatic carbocycles. The molecular formula is C5H9FO3S. The second kappa shape index (κ2) is 2.47. The smallest absolute Gasteiger partial charge is 0.153 e. The monoisotopic (exact) mass is 168 g/mol. The second-order valence-corrected chi connectivity index (χ2v) is 4.72. The van der Waals surface area contributed by atoms with E-state index in [-0.39, 0.29) is 12.2 Å². The Bertz CT molecular complexity index is 211. The summed E-state index contributed by atoms with van der Waals surface area (Å²) in [5, 5.41) is 8.77. The zero-order valence-corrected chi connectivity index (χ0v) is 6.14. The van der Waals surface area contributed by atoms with Crippen LogP contribution in [0.25, 0.3) is 0 Å². The first-order valence-electron chi connectivity index (χ1n) is 3.04. The van der Waals surface area contributed by atoms with Crippen LogP contribution in [-0.4, -0.2) is 37.3 Å². The van der Waals surface area contributed by atoms with Crippen molar-refractivity contribution in [2.75, 3.05) is 11.5 Å². The zero-order valence-electron chi connectivity index (χ0n) is 5.33. The van der Waals surface area contributed by atoms with Crippen LogP contribution in [0.4, 0.5) is 4.39 Å². The molecule has 1 N–H and O–H groups in total. The van der Waals surface area contributed by atoms with Gasteiger partial charge in [0, 0.05) is 0 Å². The first-order chi connectivity index (χ1) is 4.51. The first-order valence-corrected chi connectivity index (χ1v) is 4.86. The molecule has 0 aliphatic carbocycles. The van der Waals surface area contributed by atoms with E-state index in [0.717, 1.165) is 0 Å². The summed E-state index contributed by atoms with van der Waals surface area (Å²) in [6, 6.07) is 0. The van der Waals surface area contributed by atoms with Crippen molar-refractivity contribution in [2.45, 2.75) is 18.7 Å². The van der Waals surface area contributed by atoms with Gasteiger partial charge in [-0.25, -0.2) is 12.8 Å². The summed E-state index contributed by atoms with van der Waals surface area (Å²) in [5.74, 6) is -0.608. The SMILES string of the molecule is O=S1(=O)CC[C@@H](O)[C@H](F)C1. The summed E-state index contributed by atoms with van der Waals surface area (Å²) in [6.07, 6.45) is -2.63. The molecule has 0 aromatic heterocycles. The van der Waals surface area contributed by atoms with E-state index in [9.17, 15) is 12.8 Å². The Morgan fingerprint density at radius 2 is 2.10 bits per heavy atom. The molecule has 60 valence electrons. The van der Waals surface area contributed by atoms with Gasteiger partial charge >= 0.3 is 0 Å². The average molecular weight is 168 g/mol. The first kappa shape index (κ1) is 7.94. The molecule has 0 unspecified atom stereocenters. The molecular weight excluding hydrogens is 159 g/mol. The minimum Gasteiger partial charge on any atom is -0.390 e. The predicted molar refractivity (Wildman–Crippen MR) is 34.2 cm³/mol. The van der Waals surface area contributed by atoms with E-state index >= 15 is 0 Å². The number of alkyl halides is 1. The van der Waals surface area contributed by atoms with Gasteiger partial charge in [-0.15, -0.1) is 0 Å². The van der Waals surface area contributed by atoms with Gasteiger partial charge in [0.2, 0.25) is 0 Å². The van der Waals surface area contributed by atoms with Gasteiger partial charge in [0.15, 0.2) is 9.84 Å². The Balaban J connectivity index is 2.66. The van der Waals surface area contributed by atoms with Gasteiger partial charge in [-0.3, -0.25) is 0 Å². The fourth-order valence-electron chi connectivity index (χ4n) is 0.918. The zero-order chi connectivity index (χ0) is 7.78. The minimum atomic E-state index is -3.20. The molecule has 1 fully saturated rings. The standard InChI is InChI=1S/C5H9FO3S/c6-4-3-10(8,9)2-1-5(4)7/h4-5,7H,1-3H2/t4-,5-/m1/s1. The van der Waals surface area contributed by atoms with Crippen molar-refractivity contribution in [1.29, 1.82) is 0 Å². The third kappa shape index (κ3) is 1.67. The summed E-state index contributed by atoms with van der Waals surface area (Å²) < 4.78 is 33.8. The van der Waals surface area contributed by atoms with Gasteiger partial charge in [-0.1, -0.05) is 0 Å². The molecule has 1 aliphatic rings. The summed E-state index contributed by atoms with van der Waals surface area (Å²) >= 11 is 0. The largest absolute Gasteiger partial charge is 0.390 e. The van der Waals surface area contributed by atoms with Crippen LogP contribution in [0.5, 0.6) is 0 Å². The lowest BCUT2D eigenvalue weighted by Gasteiger charge is -2.20. The molecule has 1 rings (SSSR count). The number of rotatable bonds is 0. The Morgan fingerprint density at radius 3 is 2.50 bits per heavy atom. The highest BCUT2D eigenvalue weighted by Gasteiger charge is 2.31. The van der Waals surface area contributed by atoms with Gasteiger partial charge in [-0.2, -0.15) is 0 Å². The van der Waals surface area contributed by atoms with Crippen molar-refractivity contribution in [3.63, 3.8) is 0 Å². The average Bonchev–Trinajstić information content (AvgIpc) is 1.79. The summed E-state index contributed by atoms with van der Waals surface area (Å²) in [6.45, 7) is 0. The van der Waals surface area contributed by atoms with E-state index in [1.54, 1.807) is 0 Å². The van der Waals surface area contributed by atoms with E-state index in [4.69, 9.17) is 5.11 Å². The van der Waals surface area contributed by atoms with Crippen molar-refractivity contribution >= 4 is 9.84 Å². The number of aliphatic hydroxyl groups excluding tert-OH is 1. The van der Waals surface area contributed by atoms with E-state index in [1.807, 2.05) is 0 Å². The molecule has 1 aliphatic heterocycles. The summed E-state index contributed by atoms with van der Waals surface area (Å²) in [7, 11) is -3.20. The molecule has 2 atom stereocenters. The topological polar surface area (TPSA) is 54.4 Å². The lowest BCUT2D eigenvalue weighted by atomic mass is 10.2. The molecule has 1 heterocycles. The van der Waals surface area contributed by atoms with Crippen LogP contribution in [-0.2, 0) is 9.84 Å². The Hall–Kier alpha value is -0.160. The lowest BCUT2D eigenvalue weighted by molar-refractivity contribution is 0.0822. The van der Waals surface area contributed by atoms with Crippen LogP contribution in [0.1, 0.15) is 6.42 Å². The van der Waals surface area contributed by atoms with Crippen molar-refractivity contribution < 1.29 is 17.9 Å². The number of sulfone groups is 1. The second-order valence-electron chi connectivity index (χ2n) is 2.49. The van der Waals surface area contributed by atoms with Crippen LogP contribution < -0.4 is 0 Å². The quantitative estimate of drug-likeness (QED) is 0.530. The van der Waals surface area contributed by atoms with Gasteiger partial charge in [0.05, 0.1) is 17.6 Å². The molecule has 0 radical (unpaired) electrons. The maximum absolute atomic E-state index is 12.4. The molecule has 0 saturated carbocycles. The van der Waals surface area contributed by atoms with Crippen LogP contribution in [0.3, 0.4) is 0 Å². The fraction of sp³-hybridized carbons (Fsp3) is 1.00. The molecule has 3 nitrogen and oxygen atoms in total. The number of hydrogen-bond donors (Lipinski definition) is 1. The Morgan fingerprint density at radius 1 is 1.50 bits per heavy atom. The van der Waals surface area contributed by atoms with Crippen LogP contribution in [0.15, 0.2) is 0 Å². The highest BCUT2D eigenvalue weighted by molar-refractivity contribution is 7.91. The van der Waals surface area contributed by atoms with Crippen molar-refractivity contribution in [1.82, 2.24) is 0 Å². The number of aliphatic hydroxyl groups is 1. The summed E-state index contributed by atoms with van der Waals surface area (Å²) in [4.78, 5) is 0. The molecule has 1 saturated heterocycles. The van der Waals surface area contributed by atoms with Crippen molar-refractivity contribution in [3.8, 4) is 0 Å². The van der Waals surface area contributed by atoms with Gasteiger partial charge in [0.25, 0.3) is 0 Å². The van der Waals surface area contributed by atoms with Crippen molar-refractivity contribution in [2.24, 2.45) is 0 Å². The Kier molecular flexibility index (Phi) is 1.96. The summed E-state index contributed by atoms with van der Waals surface area (Å²) in [5.41, 5.74) is 0. The highest BCUT2D eigenvalue weighted by Crippen LogP contribution is 2.15. The Labute approximate surface area is 58.8 Å². The third-order valence-corrected chi connectivity index (χ3v) is 3.24. The lowest BCUT2D eigenvalue weighted by Crippen LogP contribution is -2.37. The predicted octanol–water partition coefficient (Wildman–Crippen LogP) is -0.496.